The Hall–Kier alpha value is -13.1. The number of unbranched alkanes of at least 4 members (excludes halogenated alkanes) is 1. The molecule has 726 valence electrons. The summed E-state index contributed by atoms with van der Waals surface area (Å²) in [5.41, 5.74) is 3.00. The van der Waals surface area contributed by atoms with Crippen LogP contribution in [0.3, 0.4) is 0 Å². The number of likely N-dealkylation sites (N-methyl/N-ethyl adjacent to an activating group) is 2. The summed E-state index contributed by atoms with van der Waals surface area (Å²) < 4.78 is 180. The zero-order valence-corrected chi connectivity index (χ0v) is 77.5. The molecule has 0 aliphatic carbocycles. The van der Waals surface area contributed by atoms with Crippen LogP contribution in [0.5, 0.6) is 34.5 Å². The Labute approximate surface area is 770 Å². The van der Waals surface area contributed by atoms with Crippen molar-refractivity contribution < 1.29 is 126 Å². The number of carboxylic acids is 1. The molecule has 0 spiro atoms. The molecule has 6 heterocycles. The zero-order valence-electron chi connectivity index (χ0n) is 77.5. The fourth-order valence-corrected chi connectivity index (χ4v) is 13.4. The number of nitrogens with zero attached hydrogens (tertiary/aromatic N) is 10. The molecular weight excluding hydrogens is 1770 g/mol. The van der Waals surface area contributed by atoms with Crippen molar-refractivity contribution in [2.75, 3.05) is 93.5 Å². The number of hydrogen-bond donors (Lipinski definition) is 3. The highest BCUT2D eigenvalue weighted by Crippen LogP contribution is 2.40. The molecule has 3 aliphatic heterocycles. The summed E-state index contributed by atoms with van der Waals surface area (Å²) in [4.78, 5) is 94.6. The van der Waals surface area contributed by atoms with Crippen LogP contribution in [-0.2, 0) is 76.4 Å². The topological polar surface area (TPSA) is 336 Å². The summed E-state index contributed by atoms with van der Waals surface area (Å²) in [7, 11) is 4.96. The number of nitrogens with two attached hydrogens (primary N) is 1. The van der Waals surface area contributed by atoms with E-state index < -0.39 is 106 Å². The van der Waals surface area contributed by atoms with Crippen molar-refractivity contribution in [2.24, 2.45) is 5.73 Å². The Morgan fingerprint density at radius 2 is 0.716 bits per heavy atom. The molecule has 12 rings (SSSR count). The number of aryl methyl sites for hydroxylation is 3. The minimum absolute atomic E-state index is 0.00646. The van der Waals surface area contributed by atoms with Crippen LogP contribution in [0.2, 0.25) is 0 Å². The van der Waals surface area contributed by atoms with E-state index in [0.717, 1.165) is 75.5 Å². The first-order valence-electron chi connectivity index (χ1n) is 43.3. The van der Waals surface area contributed by atoms with Crippen LogP contribution in [0.25, 0.3) is 17.1 Å². The molecule has 9 aromatic rings. The first kappa shape index (κ1) is 105. The zero-order chi connectivity index (χ0) is 98.4. The second-order valence-electron chi connectivity index (χ2n) is 35.3. The first-order valence-corrected chi connectivity index (χ1v) is 43.3. The maximum Gasteiger partial charge on any atom is 0.435 e. The Balaban J connectivity index is 0.000000214. The summed E-state index contributed by atoms with van der Waals surface area (Å²) in [6, 6.07) is 38.0. The van der Waals surface area contributed by atoms with Crippen LogP contribution in [0.4, 0.5) is 58.7 Å². The van der Waals surface area contributed by atoms with Crippen molar-refractivity contribution in [3.05, 3.63) is 213 Å². The highest BCUT2D eigenvalue weighted by molar-refractivity contribution is 5.96. The number of Topliss-reactive ketones (excluding diaryl/α,β-unsaturated/α-hetero) is 2. The molecular formula is C95H115F9N12O18. The van der Waals surface area contributed by atoms with Crippen molar-refractivity contribution in [2.45, 2.75) is 189 Å². The number of ether oxygens (including phenoxy) is 10. The number of aromatic nitrogens is 6. The van der Waals surface area contributed by atoms with Gasteiger partial charge in [-0.3, -0.25) is 9.59 Å². The van der Waals surface area contributed by atoms with E-state index in [9.17, 15) is 78.2 Å². The number of para-hydroxylation sites is 3. The lowest BCUT2D eigenvalue weighted by atomic mass is 10.0. The number of rotatable bonds is 28. The minimum Gasteiger partial charge on any atom is -0.486 e. The summed E-state index contributed by atoms with van der Waals surface area (Å²) in [6.07, 6.45) is -13.6. The van der Waals surface area contributed by atoms with Crippen LogP contribution in [0.15, 0.2) is 146 Å². The maximum atomic E-state index is 13.9. The number of carbonyl (C=O) groups is 7. The number of amides is 4. The number of nitrogens with one attached hydrogen (secondary N) is 1. The molecule has 4 amide bonds. The fraction of sp³-hybridized carbons (Fsp3) is 0.453. The molecule has 0 unspecified atom stereocenters. The number of ketones is 2. The van der Waals surface area contributed by atoms with E-state index in [2.05, 4.69) is 20.6 Å². The average Bonchev–Trinajstić information content (AvgIpc) is 1.63. The molecule has 3 aromatic heterocycles. The van der Waals surface area contributed by atoms with E-state index in [1.165, 1.54) is 50.9 Å². The van der Waals surface area contributed by atoms with Gasteiger partial charge in [0, 0.05) is 96.5 Å². The Kier molecular flexibility index (Phi) is 35.6. The van der Waals surface area contributed by atoms with Gasteiger partial charge in [0.05, 0.1) is 17.1 Å². The summed E-state index contributed by atoms with van der Waals surface area (Å²) in [5, 5.41) is 23.5. The predicted molar refractivity (Wildman–Crippen MR) is 476 cm³/mol. The maximum absolute atomic E-state index is 13.9. The molecule has 0 bridgehead atoms. The third-order valence-corrected chi connectivity index (χ3v) is 19.7. The number of fused-ring (bicyclic) bond motifs is 3. The number of benzene rings is 6. The third kappa shape index (κ3) is 31.3. The molecule has 30 nitrogen and oxygen atoms in total. The van der Waals surface area contributed by atoms with E-state index in [1.54, 1.807) is 163 Å². The molecule has 4 N–H and O–H groups in total. The molecule has 134 heavy (non-hydrogen) atoms. The molecule has 0 atom stereocenters. The van der Waals surface area contributed by atoms with Gasteiger partial charge in [0.2, 0.25) is 0 Å². The molecule has 6 aromatic carbocycles. The number of alkyl halides is 9. The van der Waals surface area contributed by atoms with Crippen molar-refractivity contribution in [1.29, 1.82) is 0 Å². The predicted octanol–water partition coefficient (Wildman–Crippen LogP) is 18.2. The smallest absolute Gasteiger partial charge is 0.435 e. The highest BCUT2D eigenvalue weighted by atomic mass is 19.4. The van der Waals surface area contributed by atoms with E-state index in [-0.39, 0.29) is 81.3 Å². The number of hydrogen-bond acceptors (Lipinski definition) is 22. The van der Waals surface area contributed by atoms with Gasteiger partial charge in [0.25, 0.3) is 0 Å². The average molecular weight is 1880 g/mol. The standard InChI is InChI=1S/C35H43F3N4O7.C26H28F3N3O3.C25H33F3N4O6.C9H11NO2/c1-33(2,3)48-31(44)40(7)16-17-41(32(45)49-34(4,5)6)22-23-10-8-12-25(20-23)42-26(21-29(39-42)35(36,37)38)27(43)15-14-24-11-9-13-28-30(24)47-19-18-46-28;1-30-13-3-2-6-18-7-4-9-20(16-18)32-21(17-24(31-32)26(27,28)29)22(33)12-11-19-8-5-10-23-25(19)35-15-14-34-23;1-23(2,3)37-21(35)30(7)11-12-31(22(36)38-24(4,5)6)15-16-9-8-10-17(13-16)32-18(20(33)34)14-19(29-32)25(26,27)28;10-6-7-2-1-3-8-9(7)12-5-4-11-8/h8-13,20-21H,14-19,22H2,1-7H3;4-5,7-10,16-17,30H,2-3,6,11-15H2,1H3;8-10,13-14H,11-12,15H2,1-7H3,(H,33,34);1-3H,4-6,10H2. The molecule has 0 fully saturated rings. The molecule has 0 radical (unpaired) electrons. The lowest BCUT2D eigenvalue weighted by molar-refractivity contribution is -0.142. The van der Waals surface area contributed by atoms with Crippen LogP contribution in [-0.4, -0.2) is 212 Å². The van der Waals surface area contributed by atoms with Crippen molar-refractivity contribution in [1.82, 2.24) is 54.3 Å². The third-order valence-electron chi connectivity index (χ3n) is 19.7. The van der Waals surface area contributed by atoms with Gasteiger partial charge in [-0.25, -0.2) is 38.0 Å². The SMILES string of the molecule is CN(CCN(Cc1cccc(-n2nc(C(F)(F)F)cc2C(=O)CCc2cccc3c2OCCO3)c1)C(=O)OC(C)(C)C)C(=O)OC(C)(C)C.CN(CCN(Cc1cccc(-n2nc(C(F)(F)F)cc2C(=O)O)c1)C(=O)OC(C)(C)C)C(=O)OC(C)(C)C.CNCCCCc1cccc(-n2nc(C(F)(F)F)cc2C(=O)CCc2cccc3c2OCCO3)c1.NCc1cccc2c1OCCO2. The van der Waals surface area contributed by atoms with Crippen molar-refractivity contribution in [3.8, 4) is 51.6 Å². The van der Waals surface area contributed by atoms with Crippen molar-refractivity contribution >= 4 is 41.9 Å². The number of aromatic carboxylic acids is 1. The van der Waals surface area contributed by atoms with Gasteiger partial charge >= 0.3 is 48.9 Å². The van der Waals surface area contributed by atoms with Crippen LogP contribution >= 0.6 is 0 Å². The van der Waals surface area contributed by atoms with Gasteiger partial charge in [-0.2, -0.15) is 54.8 Å². The van der Waals surface area contributed by atoms with E-state index in [0.29, 0.717) is 109 Å². The minimum atomic E-state index is -4.83. The summed E-state index contributed by atoms with van der Waals surface area (Å²) >= 11 is 0. The van der Waals surface area contributed by atoms with Crippen LogP contribution in [0, 0.1) is 0 Å². The van der Waals surface area contributed by atoms with E-state index >= 15 is 0 Å². The van der Waals surface area contributed by atoms with E-state index in [1.807, 2.05) is 37.4 Å². The van der Waals surface area contributed by atoms with Crippen molar-refractivity contribution in [3.63, 3.8) is 0 Å². The second kappa shape index (κ2) is 45.6. The first-order chi connectivity index (χ1) is 62.8. The quantitative estimate of drug-likeness (QED) is 0.0177. The number of halogens is 9. The molecule has 3 aliphatic rings. The van der Waals surface area contributed by atoms with Gasteiger partial charge in [0.15, 0.2) is 68.8 Å². The van der Waals surface area contributed by atoms with Gasteiger partial charge < -0.3 is 83.1 Å². The van der Waals surface area contributed by atoms with E-state index in [4.69, 9.17) is 53.1 Å². The molecule has 0 saturated heterocycles. The van der Waals surface area contributed by atoms with Crippen LogP contribution < -0.4 is 39.5 Å². The van der Waals surface area contributed by atoms with Crippen LogP contribution in [0.1, 0.15) is 191 Å². The normalized spacial score (nSPS) is 13.0. The van der Waals surface area contributed by atoms with Gasteiger partial charge in [0.1, 0.15) is 73.4 Å². The second-order valence-corrected chi connectivity index (χ2v) is 35.3. The lowest BCUT2D eigenvalue weighted by Gasteiger charge is -2.30. The molecule has 39 heteroatoms. The van der Waals surface area contributed by atoms with Gasteiger partial charge in [-0.05, 0) is 211 Å². The largest absolute Gasteiger partial charge is 0.486 e. The lowest BCUT2D eigenvalue weighted by Crippen LogP contribution is -2.42. The Morgan fingerprint density at radius 1 is 0.403 bits per heavy atom. The Morgan fingerprint density at radius 3 is 1.06 bits per heavy atom. The van der Waals surface area contributed by atoms with Gasteiger partial charge in [-0.15, -0.1) is 0 Å². The monoisotopic (exact) mass is 1880 g/mol. The molecule has 0 saturated carbocycles. The van der Waals surface area contributed by atoms with Gasteiger partial charge in [-0.1, -0.05) is 72.8 Å². The summed E-state index contributed by atoms with van der Waals surface area (Å²) in [6.45, 7) is 25.2. The number of carboxylic acid groups (broad SMARTS) is 1. The fourth-order valence-electron chi connectivity index (χ4n) is 13.4. The summed E-state index contributed by atoms with van der Waals surface area (Å²) in [5.74, 6) is 1.32. The highest BCUT2D eigenvalue weighted by Gasteiger charge is 2.40. The Bertz CT molecular complexity index is 5520. The number of carbonyl (C=O) groups excluding carboxylic acids is 6.